The molecule has 3 aromatic rings. The molecule has 0 aliphatic heterocycles. The average Bonchev–Trinajstić information content (AvgIpc) is 2.96. The normalized spacial score (nSPS) is 10.6. The van der Waals surface area contributed by atoms with Crippen LogP contribution in [0.5, 0.6) is 5.75 Å². The van der Waals surface area contributed by atoms with E-state index in [0.29, 0.717) is 17.8 Å². The molecular formula is C17H16N2O3. The van der Waals surface area contributed by atoms with Crippen LogP contribution >= 0.6 is 0 Å². The zero-order valence-corrected chi connectivity index (χ0v) is 12.2. The van der Waals surface area contributed by atoms with Crippen molar-refractivity contribution in [3.8, 4) is 5.75 Å². The molecule has 0 aliphatic rings. The number of amides is 1. The average molecular weight is 296 g/mol. The highest BCUT2D eigenvalue weighted by atomic mass is 16.5. The van der Waals surface area contributed by atoms with Crippen LogP contribution in [0.4, 0.5) is 0 Å². The van der Waals surface area contributed by atoms with E-state index in [1.54, 1.807) is 7.11 Å². The van der Waals surface area contributed by atoms with E-state index >= 15 is 0 Å². The minimum Gasteiger partial charge on any atom is -0.496 e. The van der Waals surface area contributed by atoms with Crippen LogP contribution in [0.15, 0.2) is 53.1 Å². The molecule has 2 aromatic carbocycles. The summed E-state index contributed by atoms with van der Waals surface area (Å²) in [6.45, 7) is 0.415. The van der Waals surface area contributed by atoms with Gasteiger partial charge in [-0.2, -0.15) is 0 Å². The smallest absolute Gasteiger partial charge is 0.226 e. The topological polar surface area (TPSA) is 64.4 Å². The molecule has 0 fully saturated rings. The van der Waals surface area contributed by atoms with E-state index < -0.39 is 0 Å². The summed E-state index contributed by atoms with van der Waals surface area (Å²) < 4.78 is 10.5. The highest BCUT2D eigenvalue weighted by molar-refractivity contribution is 5.86. The van der Waals surface area contributed by atoms with Gasteiger partial charge in [0.1, 0.15) is 11.4 Å². The Labute approximate surface area is 127 Å². The third-order valence-electron chi connectivity index (χ3n) is 3.45. The van der Waals surface area contributed by atoms with Crippen molar-refractivity contribution in [2.45, 2.75) is 13.0 Å². The number of carbonyl (C=O) groups is 1. The highest BCUT2D eigenvalue weighted by Crippen LogP contribution is 2.19. The molecule has 0 aliphatic carbocycles. The van der Waals surface area contributed by atoms with Gasteiger partial charge in [0, 0.05) is 17.5 Å². The van der Waals surface area contributed by atoms with E-state index in [4.69, 9.17) is 9.26 Å². The molecule has 0 saturated heterocycles. The number of methoxy groups -OCH3 is 1. The second-order valence-electron chi connectivity index (χ2n) is 4.89. The monoisotopic (exact) mass is 296 g/mol. The summed E-state index contributed by atoms with van der Waals surface area (Å²) in [5.74, 6) is 0.652. The van der Waals surface area contributed by atoms with Gasteiger partial charge in [-0.25, -0.2) is 0 Å². The summed E-state index contributed by atoms with van der Waals surface area (Å²) in [5, 5.41) is 7.71. The fourth-order valence-corrected chi connectivity index (χ4v) is 2.32. The number of ether oxygens (including phenoxy) is 1. The number of nitrogens with zero attached hydrogens (tertiary/aromatic N) is 1. The van der Waals surface area contributed by atoms with Crippen molar-refractivity contribution in [2.75, 3.05) is 7.11 Å². The van der Waals surface area contributed by atoms with Gasteiger partial charge in [0.2, 0.25) is 5.91 Å². The molecule has 0 radical (unpaired) electrons. The lowest BCUT2D eigenvalue weighted by Crippen LogP contribution is -2.25. The number of aromatic nitrogens is 1. The third kappa shape index (κ3) is 2.93. The maximum atomic E-state index is 12.1. The van der Waals surface area contributed by atoms with Crippen molar-refractivity contribution in [2.24, 2.45) is 0 Å². The second-order valence-corrected chi connectivity index (χ2v) is 4.89. The summed E-state index contributed by atoms with van der Waals surface area (Å²) in [6, 6.07) is 15.1. The standard InChI is InChI=1S/C17H16N2O3/c1-21-15-8-4-2-6-12(15)11-18-17(20)10-14-13-7-3-5-9-16(13)22-19-14/h2-9H,10-11H2,1H3,(H,18,20). The van der Waals surface area contributed by atoms with E-state index in [1.807, 2.05) is 48.5 Å². The predicted octanol–water partition coefficient (Wildman–Crippen LogP) is 2.70. The van der Waals surface area contributed by atoms with E-state index in [9.17, 15) is 4.79 Å². The van der Waals surface area contributed by atoms with E-state index in [1.165, 1.54) is 0 Å². The van der Waals surface area contributed by atoms with Crippen LogP contribution in [0, 0.1) is 0 Å². The molecule has 0 bridgehead atoms. The Morgan fingerprint density at radius 2 is 1.95 bits per heavy atom. The molecule has 1 heterocycles. The molecule has 5 heteroatoms. The zero-order valence-electron chi connectivity index (χ0n) is 12.2. The number of para-hydroxylation sites is 2. The van der Waals surface area contributed by atoms with Crippen LogP contribution < -0.4 is 10.1 Å². The quantitative estimate of drug-likeness (QED) is 0.786. The zero-order chi connectivity index (χ0) is 15.4. The first kappa shape index (κ1) is 14.1. The van der Waals surface area contributed by atoms with Crippen molar-refractivity contribution < 1.29 is 14.1 Å². The van der Waals surface area contributed by atoms with Crippen molar-refractivity contribution in [3.05, 3.63) is 59.8 Å². The first-order valence-electron chi connectivity index (χ1n) is 7.00. The second kappa shape index (κ2) is 6.30. The summed E-state index contributed by atoms with van der Waals surface area (Å²) in [5.41, 5.74) is 2.27. The van der Waals surface area contributed by atoms with E-state index in [2.05, 4.69) is 10.5 Å². The number of rotatable bonds is 5. The first-order valence-corrected chi connectivity index (χ1v) is 7.00. The van der Waals surface area contributed by atoms with Gasteiger partial charge in [0.15, 0.2) is 5.58 Å². The molecule has 1 amide bonds. The molecule has 0 unspecified atom stereocenters. The van der Waals surface area contributed by atoms with Gasteiger partial charge in [-0.05, 0) is 18.2 Å². The number of carbonyl (C=O) groups excluding carboxylic acids is 1. The SMILES string of the molecule is COc1ccccc1CNC(=O)Cc1noc2ccccc12. The van der Waals surface area contributed by atoms with E-state index in [0.717, 1.165) is 16.7 Å². The number of fused-ring (bicyclic) bond motifs is 1. The highest BCUT2D eigenvalue weighted by Gasteiger charge is 2.12. The number of nitrogens with one attached hydrogen (secondary N) is 1. The minimum absolute atomic E-state index is 0.107. The lowest BCUT2D eigenvalue weighted by molar-refractivity contribution is -0.120. The lowest BCUT2D eigenvalue weighted by Gasteiger charge is -2.09. The Bertz CT molecular complexity index is 795. The lowest BCUT2D eigenvalue weighted by atomic mass is 10.1. The Hall–Kier alpha value is -2.82. The molecule has 5 nitrogen and oxygen atoms in total. The molecule has 1 N–H and O–H groups in total. The Morgan fingerprint density at radius 3 is 2.82 bits per heavy atom. The fourth-order valence-electron chi connectivity index (χ4n) is 2.32. The number of hydrogen-bond donors (Lipinski definition) is 1. The van der Waals surface area contributed by atoms with Crippen molar-refractivity contribution in [3.63, 3.8) is 0 Å². The Balaban J connectivity index is 1.65. The summed E-state index contributed by atoms with van der Waals surface area (Å²) in [6.07, 6.45) is 0.187. The Kier molecular flexibility index (Phi) is 4.05. The predicted molar refractivity (Wildman–Crippen MR) is 82.6 cm³/mol. The van der Waals surface area contributed by atoms with Crippen LogP contribution in [0.25, 0.3) is 11.0 Å². The molecule has 0 spiro atoms. The van der Waals surface area contributed by atoms with Gasteiger partial charge in [-0.1, -0.05) is 35.5 Å². The van der Waals surface area contributed by atoms with E-state index in [-0.39, 0.29) is 12.3 Å². The largest absolute Gasteiger partial charge is 0.496 e. The van der Waals surface area contributed by atoms with Gasteiger partial charge in [-0.15, -0.1) is 0 Å². The van der Waals surface area contributed by atoms with Crippen LogP contribution in [-0.2, 0) is 17.8 Å². The van der Waals surface area contributed by atoms with Crippen molar-refractivity contribution in [1.82, 2.24) is 10.5 Å². The molecule has 22 heavy (non-hydrogen) atoms. The molecule has 0 saturated carbocycles. The fraction of sp³-hybridized carbons (Fsp3) is 0.176. The molecule has 1 aromatic heterocycles. The van der Waals surface area contributed by atoms with Crippen LogP contribution in [-0.4, -0.2) is 18.2 Å². The van der Waals surface area contributed by atoms with Gasteiger partial charge < -0.3 is 14.6 Å². The van der Waals surface area contributed by atoms with Crippen LogP contribution in [0.1, 0.15) is 11.3 Å². The summed E-state index contributed by atoms with van der Waals surface area (Å²) >= 11 is 0. The Morgan fingerprint density at radius 1 is 1.18 bits per heavy atom. The number of benzene rings is 2. The maximum absolute atomic E-state index is 12.1. The minimum atomic E-state index is -0.107. The summed E-state index contributed by atoms with van der Waals surface area (Å²) in [4.78, 5) is 12.1. The first-order chi connectivity index (χ1) is 10.8. The molecular weight excluding hydrogens is 280 g/mol. The van der Waals surface area contributed by atoms with Gasteiger partial charge in [0.05, 0.1) is 13.5 Å². The molecule has 0 atom stereocenters. The van der Waals surface area contributed by atoms with Crippen LogP contribution in [0.3, 0.4) is 0 Å². The third-order valence-corrected chi connectivity index (χ3v) is 3.45. The van der Waals surface area contributed by atoms with Gasteiger partial charge in [0.25, 0.3) is 0 Å². The van der Waals surface area contributed by atoms with Crippen molar-refractivity contribution >= 4 is 16.9 Å². The van der Waals surface area contributed by atoms with Crippen LogP contribution in [0.2, 0.25) is 0 Å². The summed E-state index contributed by atoms with van der Waals surface area (Å²) in [7, 11) is 1.61. The molecule has 3 rings (SSSR count). The van der Waals surface area contributed by atoms with Gasteiger partial charge in [-0.3, -0.25) is 4.79 Å². The maximum Gasteiger partial charge on any atom is 0.226 e. The van der Waals surface area contributed by atoms with Gasteiger partial charge >= 0.3 is 0 Å². The molecule has 112 valence electrons. The van der Waals surface area contributed by atoms with Crippen molar-refractivity contribution in [1.29, 1.82) is 0 Å². The number of hydrogen-bond acceptors (Lipinski definition) is 4.